The Morgan fingerprint density at radius 1 is 1.12 bits per heavy atom. The molecular weight excluding hydrogens is 413 g/mol. The molecular formula is C24H20FN3O4. The molecule has 32 heavy (non-hydrogen) atoms. The van der Waals surface area contributed by atoms with E-state index in [0.717, 1.165) is 5.56 Å². The summed E-state index contributed by atoms with van der Waals surface area (Å²) in [6.45, 7) is 2.02. The van der Waals surface area contributed by atoms with E-state index >= 15 is 0 Å². The molecule has 0 aliphatic heterocycles. The van der Waals surface area contributed by atoms with Gasteiger partial charge in [0.25, 0.3) is 5.91 Å². The van der Waals surface area contributed by atoms with E-state index in [9.17, 15) is 14.0 Å². The number of aromatic nitrogens is 2. The Kier molecular flexibility index (Phi) is 6.12. The van der Waals surface area contributed by atoms with Crippen LogP contribution < -0.4 is 10.1 Å². The van der Waals surface area contributed by atoms with Crippen molar-refractivity contribution in [3.63, 3.8) is 0 Å². The van der Waals surface area contributed by atoms with Crippen molar-refractivity contribution in [1.29, 1.82) is 0 Å². The highest BCUT2D eigenvalue weighted by Crippen LogP contribution is 2.17. The highest BCUT2D eigenvalue weighted by atomic mass is 19.1. The fourth-order valence-electron chi connectivity index (χ4n) is 3.05. The number of Topliss-reactive ketones (excluding diaryl/α,β-unsaturated/α-hetero) is 1. The van der Waals surface area contributed by atoms with Crippen LogP contribution in [-0.4, -0.2) is 21.5 Å². The van der Waals surface area contributed by atoms with Crippen LogP contribution in [0.25, 0.3) is 0 Å². The maximum absolute atomic E-state index is 13.3. The van der Waals surface area contributed by atoms with Crippen LogP contribution in [0.2, 0.25) is 0 Å². The number of carbonyl (C=O) groups excluding carboxylic acids is 2. The normalized spacial score (nSPS) is 10.7. The van der Waals surface area contributed by atoms with Crippen molar-refractivity contribution in [3.05, 3.63) is 102 Å². The first kappa shape index (κ1) is 21.0. The van der Waals surface area contributed by atoms with Crippen molar-refractivity contribution >= 4 is 17.4 Å². The second kappa shape index (κ2) is 9.30. The second-order valence-corrected chi connectivity index (χ2v) is 7.15. The molecule has 0 fully saturated rings. The molecule has 0 atom stereocenters. The van der Waals surface area contributed by atoms with Gasteiger partial charge in [-0.3, -0.25) is 14.3 Å². The number of anilines is 1. The van der Waals surface area contributed by atoms with Gasteiger partial charge in [-0.2, -0.15) is 5.10 Å². The zero-order valence-corrected chi connectivity index (χ0v) is 17.2. The van der Waals surface area contributed by atoms with Gasteiger partial charge >= 0.3 is 0 Å². The van der Waals surface area contributed by atoms with Gasteiger partial charge in [0.1, 0.15) is 23.9 Å². The predicted molar refractivity (Wildman–Crippen MR) is 115 cm³/mol. The van der Waals surface area contributed by atoms with Gasteiger partial charge in [-0.1, -0.05) is 12.1 Å². The van der Waals surface area contributed by atoms with Crippen molar-refractivity contribution in [1.82, 2.24) is 9.78 Å². The number of carbonyl (C=O) groups is 2. The van der Waals surface area contributed by atoms with Crippen molar-refractivity contribution in [3.8, 4) is 5.75 Å². The van der Waals surface area contributed by atoms with Crippen LogP contribution in [0.3, 0.4) is 0 Å². The van der Waals surface area contributed by atoms with Gasteiger partial charge in [-0.05, 0) is 61.0 Å². The van der Waals surface area contributed by atoms with E-state index in [0.29, 0.717) is 29.3 Å². The summed E-state index contributed by atoms with van der Waals surface area (Å²) < 4.78 is 26.1. The summed E-state index contributed by atoms with van der Waals surface area (Å²) in [4.78, 5) is 23.8. The van der Waals surface area contributed by atoms with Crippen molar-refractivity contribution in [2.24, 2.45) is 0 Å². The first-order valence-electron chi connectivity index (χ1n) is 9.87. The summed E-state index contributed by atoms with van der Waals surface area (Å²) in [6.07, 6.45) is 3.16. The van der Waals surface area contributed by atoms with E-state index in [-0.39, 0.29) is 24.0 Å². The molecule has 4 aromatic rings. The van der Waals surface area contributed by atoms with Gasteiger partial charge in [0.2, 0.25) is 0 Å². The average Bonchev–Trinajstić information content (AvgIpc) is 3.42. The molecule has 0 saturated heterocycles. The van der Waals surface area contributed by atoms with E-state index in [4.69, 9.17) is 9.15 Å². The zero-order chi connectivity index (χ0) is 22.5. The lowest BCUT2D eigenvalue weighted by Gasteiger charge is -2.05. The lowest BCUT2D eigenvalue weighted by atomic mass is 10.1. The molecule has 0 aliphatic carbocycles. The summed E-state index contributed by atoms with van der Waals surface area (Å²) in [5.41, 5.74) is 1.86. The molecule has 0 unspecified atom stereocenters. The maximum Gasteiger partial charge on any atom is 0.291 e. The lowest BCUT2D eigenvalue weighted by molar-refractivity contribution is 0.0990. The van der Waals surface area contributed by atoms with E-state index in [1.54, 1.807) is 59.4 Å². The molecule has 7 nitrogen and oxygen atoms in total. The van der Waals surface area contributed by atoms with Crippen molar-refractivity contribution in [2.75, 3.05) is 5.32 Å². The third-order valence-corrected chi connectivity index (χ3v) is 4.65. The number of halogens is 1. The molecule has 1 amide bonds. The van der Waals surface area contributed by atoms with Crippen LogP contribution in [0, 0.1) is 5.82 Å². The van der Waals surface area contributed by atoms with E-state index in [1.165, 1.54) is 25.3 Å². The van der Waals surface area contributed by atoms with Crippen molar-refractivity contribution in [2.45, 2.75) is 20.1 Å². The fourth-order valence-corrected chi connectivity index (χ4v) is 3.05. The Morgan fingerprint density at radius 2 is 1.94 bits per heavy atom. The minimum absolute atomic E-state index is 0.0160. The fraction of sp³-hybridized carbons (Fsp3) is 0.125. The maximum atomic E-state index is 13.3. The molecule has 2 aromatic heterocycles. The van der Waals surface area contributed by atoms with Crippen LogP contribution in [0.5, 0.6) is 5.75 Å². The summed E-state index contributed by atoms with van der Waals surface area (Å²) in [5.74, 6) is 0.447. The first-order valence-corrected chi connectivity index (χ1v) is 9.87. The first-order chi connectivity index (χ1) is 15.5. The molecule has 0 aliphatic rings. The minimum Gasteiger partial charge on any atom is -0.486 e. The molecule has 2 heterocycles. The smallest absolute Gasteiger partial charge is 0.291 e. The number of nitrogens with one attached hydrogen (secondary N) is 1. The molecule has 0 radical (unpaired) electrons. The van der Waals surface area contributed by atoms with E-state index < -0.39 is 5.91 Å². The van der Waals surface area contributed by atoms with E-state index in [1.807, 2.05) is 0 Å². The van der Waals surface area contributed by atoms with Crippen LogP contribution >= 0.6 is 0 Å². The number of hydrogen-bond donors (Lipinski definition) is 1. The Hall–Kier alpha value is -4.20. The Labute approximate surface area is 183 Å². The Balaban J connectivity index is 1.32. The quantitative estimate of drug-likeness (QED) is 0.407. The van der Waals surface area contributed by atoms with Gasteiger partial charge in [-0.15, -0.1) is 0 Å². The van der Waals surface area contributed by atoms with Gasteiger partial charge in [0, 0.05) is 11.8 Å². The molecule has 162 valence electrons. The topological polar surface area (TPSA) is 86.4 Å². The van der Waals surface area contributed by atoms with Gasteiger partial charge < -0.3 is 14.5 Å². The zero-order valence-electron chi connectivity index (χ0n) is 17.2. The lowest BCUT2D eigenvalue weighted by Crippen LogP contribution is -2.10. The third kappa shape index (κ3) is 5.28. The summed E-state index contributed by atoms with van der Waals surface area (Å²) >= 11 is 0. The Bertz CT molecular complexity index is 1240. The highest BCUT2D eigenvalue weighted by Gasteiger charge is 2.13. The summed E-state index contributed by atoms with van der Waals surface area (Å²) in [5, 5.41) is 6.90. The van der Waals surface area contributed by atoms with Crippen LogP contribution in [-0.2, 0) is 13.2 Å². The van der Waals surface area contributed by atoms with Gasteiger partial charge in [0.15, 0.2) is 11.5 Å². The third-order valence-electron chi connectivity index (χ3n) is 4.65. The molecule has 1 N–H and O–H groups in total. The van der Waals surface area contributed by atoms with Gasteiger partial charge in [0.05, 0.1) is 18.4 Å². The molecule has 0 bridgehead atoms. The number of rotatable bonds is 8. The molecule has 8 heteroatoms. The number of amides is 1. The predicted octanol–water partition coefficient (Wildman–Crippen LogP) is 4.70. The number of ketones is 1. The molecule has 0 saturated carbocycles. The van der Waals surface area contributed by atoms with Crippen LogP contribution in [0.15, 0.2) is 77.5 Å². The average molecular weight is 433 g/mol. The number of nitrogens with zero attached hydrogens (tertiary/aromatic N) is 2. The van der Waals surface area contributed by atoms with Crippen molar-refractivity contribution < 1.29 is 23.1 Å². The molecule has 0 spiro atoms. The largest absolute Gasteiger partial charge is 0.486 e. The highest BCUT2D eigenvalue weighted by molar-refractivity contribution is 6.02. The number of hydrogen-bond acceptors (Lipinski definition) is 5. The van der Waals surface area contributed by atoms with E-state index in [2.05, 4.69) is 10.4 Å². The number of ether oxygens (including phenoxy) is 1. The van der Waals surface area contributed by atoms with Crippen LogP contribution in [0.1, 0.15) is 39.2 Å². The molecule has 4 rings (SSSR count). The summed E-state index contributed by atoms with van der Waals surface area (Å²) in [7, 11) is 0. The molecule has 2 aromatic carbocycles. The van der Waals surface area contributed by atoms with Gasteiger partial charge in [-0.25, -0.2) is 4.39 Å². The Morgan fingerprint density at radius 3 is 2.69 bits per heavy atom. The number of benzene rings is 2. The SMILES string of the molecule is CC(=O)c1ccc(OCc2ccc(C(=O)Nc3cnn(Cc4cccc(F)c4)c3)o2)cc1. The minimum atomic E-state index is -0.424. The number of furan rings is 1. The van der Waals surface area contributed by atoms with Crippen LogP contribution in [0.4, 0.5) is 10.1 Å². The summed E-state index contributed by atoms with van der Waals surface area (Å²) in [6, 6.07) is 16.2. The second-order valence-electron chi connectivity index (χ2n) is 7.15. The standard InChI is InChI=1S/C24H20FN3O4/c1-16(29)18-5-7-21(8-6-18)31-15-22-9-10-23(32-22)24(30)27-20-12-26-28(14-20)13-17-3-2-4-19(25)11-17/h2-12,14H,13,15H2,1H3,(H,27,30). The monoisotopic (exact) mass is 433 g/mol.